The Labute approximate surface area is 161 Å². The highest BCUT2D eigenvalue weighted by Gasteiger charge is 2.28. The maximum atomic E-state index is 12.4. The molecule has 152 valence electrons. The minimum Gasteiger partial charge on any atom is -0.445 e. The molecule has 7 heteroatoms. The summed E-state index contributed by atoms with van der Waals surface area (Å²) in [5.74, 6) is 0. The van der Waals surface area contributed by atoms with Crippen LogP contribution in [0.4, 0.5) is 9.59 Å². The molecule has 0 radical (unpaired) electrons. The summed E-state index contributed by atoms with van der Waals surface area (Å²) in [7, 11) is 0. The van der Waals surface area contributed by atoms with E-state index in [1.165, 1.54) is 9.80 Å². The molecule has 0 saturated heterocycles. The van der Waals surface area contributed by atoms with Crippen molar-refractivity contribution in [3.63, 3.8) is 0 Å². The van der Waals surface area contributed by atoms with Crippen LogP contribution in [0.3, 0.4) is 0 Å². The molecule has 0 fully saturated rings. The number of likely N-dealkylation sites (N-methyl/N-ethyl adjacent to an activating group) is 1. The van der Waals surface area contributed by atoms with Gasteiger partial charge in [0.15, 0.2) is 0 Å². The van der Waals surface area contributed by atoms with Crippen molar-refractivity contribution in [1.29, 1.82) is 0 Å². The zero-order valence-corrected chi connectivity index (χ0v) is 17.0. The van der Waals surface area contributed by atoms with Crippen LogP contribution in [0.5, 0.6) is 0 Å². The van der Waals surface area contributed by atoms with Gasteiger partial charge in [-0.2, -0.15) is 0 Å². The zero-order valence-electron chi connectivity index (χ0n) is 17.0. The lowest BCUT2D eigenvalue weighted by atomic mass is 10.2. The Morgan fingerprint density at radius 2 is 1.78 bits per heavy atom. The number of benzene rings is 1. The van der Waals surface area contributed by atoms with Crippen molar-refractivity contribution in [3.8, 4) is 0 Å². The third kappa shape index (κ3) is 8.30. The summed E-state index contributed by atoms with van der Waals surface area (Å²) in [5, 5.41) is 9.29. The maximum Gasteiger partial charge on any atom is 0.410 e. The lowest BCUT2D eigenvalue weighted by Crippen LogP contribution is -2.49. The van der Waals surface area contributed by atoms with Crippen molar-refractivity contribution in [3.05, 3.63) is 35.9 Å². The molecule has 0 spiro atoms. The number of carbonyl (C=O) groups is 2. The van der Waals surface area contributed by atoms with Crippen LogP contribution < -0.4 is 0 Å². The average Bonchev–Trinajstić information content (AvgIpc) is 2.61. The van der Waals surface area contributed by atoms with Crippen LogP contribution in [0.2, 0.25) is 0 Å². The van der Waals surface area contributed by atoms with E-state index >= 15 is 0 Å². The molecule has 27 heavy (non-hydrogen) atoms. The quantitative estimate of drug-likeness (QED) is 0.749. The molecule has 0 heterocycles. The molecule has 7 nitrogen and oxygen atoms in total. The van der Waals surface area contributed by atoms with Gasteiger partial charge in [0.1, 0.15) is 12.2 Å². The van der Waals surface area contributed by atoms with Gasteiger partial charge in [-0.05, 0) is 40.2 Å². The van der Waals surface area contributed by atoms with Gasteiger partial charge in [0.2, 0.25) is 0 Å². The monoisotopic (exact) mass is 380 g/mol. The molecule has 1 aromatic carbocycles. The van der Waals surface area contributed by atoms with E-state index in [-0.39, 0.29) is 32.3 Å². The highest BCUT2D eigenvalue weighted by atomic mass is 16.6. The van der Waals surface area contributed by atoms with Gasteiger partial charge in [-0.25, -0.2) is 9.59 Å². The number of amides is 2. The first-order chi connectivity index (χ1) is 12.7. The van der Waals surface area contributed by atoms with Gasteiger partial charge in [-0.3, -0.25) is 0 Å². The molecular weight excluding hydrogens is 348 g/mol. The normalized spacial score (nSPS) is 12.2. The van der Waals surface area contributed by atoms with Crippen molar-refractivity contribution in [2.75, 3.05) is 26.2 Å². The molecule has 0 aromatic heterocycles. The lowest BCUT2D eigenvalue weighted by molar-refractivity contribution is 0.00954. The first-order valence-electron chi connectivity index (χ1n) is 9.24. The molecule has 2 amide bonds. The fraction of sp³-hybridized carbons (Fsp3) is 0.600. The predicted molar refractivity (Wildman–Crippen MR) is 103 cm³/mol. The molecule has 0 aliphatic rings. The zero-order chi connectivity index (χ0) is 20.4. The molecule has 1 N–H and O–H groups in total. The second-order valence-corrected chi connectivity index (χ2v) is 7.33. The lowest BCUT2D eigenvalue weighted by Gasteiger charge is -2.33. The molecular formula is C20H32N2O5. The largest absolute Gasteiger partial charge is 0.445 e. The Bertz CT molecular complexity index is 586. The van der Waals surface area contributed by atoms with E-state index in [1.54, 1.807) is 20.8 Å². The predicted octanol–water partition coefficient (Wildman–Crippen LogP) is 3.26. The molecule has 0 saturated carbocycles. The van der Waals surface area contributed by atoms with Gasteiger partial charge in [0, 0.05) is 19.6 Å². The summed E-state index contributed by atoms with van der Waals surface area (Å²) in [5.41, 5.74) is 0.273. The van der Waals surface area contributed by atoms with Crippen molar-refractivity contribution in [2.45, 2.75) is 52.9 Å². The van der Waals surface area contributed by atoms with Crippen molar-refractivity contribution >= 4 is 12.2 Å². The standard InChI is InChI=1S/C20H32N2O5/c1-6-21(18(24)26-15-17-10-8-7-9-11-17)14-16(2)22(12-13-23)19(25)27-20(3,4)5/h7-11,16,23H,6,12-15H2,1-5H3/t16-/m0/s1. The Morgan fingerprint density at radius 1 is 1.15 bits per heavy atom. The molecule has 1 atom stereocenters. The van der Waals surface area contributed by atoms with E-state index in [0.717, 1.165) is 5.56 Å². The topological polar surface area (TPSA) is 79.3 Å². The van der Waals surface area contributed by atoms with Crippen LogP contribution in [0.25, 0.3) is 0 Å². The highest BCUT2D eigenvalue weighted by Crippen LogP contribution is 2.13. The third-order valence-corrected chi connectivity index (χ3v) is 3.83. The first kappa shape index (κ1) is 22.8. The van der Waals surface area contributed by atoms with Gasteiger partial charge in [0.05, 0.1) is 12.6 Å². The van der Waals surface area contributed by atoms with Crippen molar-refractivity contribution in [1.82, 2.24) is 9.80 Å². The minimum absolute atomic E-state index is 0.132. The van der Waals surface area contributed by atoms with E-state index in [2.05, 4.69) is 0 Å². The number of rotatable bonds is 8. The number of aliphatic hydroxyl groups excluding tert-OH is 1. The van der Waals surface area contributed by atoms with Gasteiger partial charge in [-0.1, -0.05) is 30.3 Å². The number of carbonyl (C=O) groups excluding carboxylic acids is 2. The Hall–Kier alpha value is -2.28. The Morgan fingerprint density at radius 3 is 2.30 bits per heavy atom. The van der Waals surface area contributed by atoms with Crippen LogP contribution in [0, 0.1) is 0 Å². The third-order valence-electron chi connectivity index (χ3n) is 3.83. The second-order valence-electron chi connectivity index (χ2n) is 7.33. The first-order valence-corrected chi connectivity index (χ1v) is 9.24. The summed E-state index contributed by atoms with van der Waals surface area (Å²) in [6.07, 6.45) is -0.959. The number of aliphatic hydroxyl groups is 1. The van der Waals surface area contributed by atoms with Crippen LogP contribution in [0.1, 0.15) is 40.2 Å². The van der Waals surface area contributed by atoms with Crippen molar-refractivity contribution < 1.29 is 24.2 Å². The number of ether oxygens (including phenoxy) is 2. The molecule has 0 unspecified atom stereocenters. The smallest absolute Gasteiger partial charge is 0.410 e. The second kappa shape index (κ2) is 10.8. The summed E-state index contributed by atoms with van der Waals surface area (Å²) < 4.78 is 10.8. The van der Waals surface area contributed by atoms with E-state index in [9.17, 15) is 14.7 Å². The van der Waals surface area contributed by atoms with Gasteiger partial charge in [0.25, 0.3) is 0 Å². The highest BCUT2D eigenvalue weighted by molar-refractivity contribution is 5.69. The van der Waals surface area contributed by atoms with Crippen LogP contribution in [-0.2, 0) is 16.1 Å². The number of nitrogens with zero attached hydrogens (tertiary/aromatic N) is 2. The Balaban J connectivity index is 2.68. The van der Waals surface area contributed by atoms with Crippen LogP contribution in [-0.4, -0.2) is 65.0 Å². The van der Waals surface area contributed by atoms with Gasteiger partial charge >= 0.3 is 12.2 Å². The molecule has 0 aliphatic heterocycles. The van der Waals surface area contributed by atoms with E-state index in [0.29, 0.717) is 6.54 Å². The summed E-state index contributed by atoms with van der Waals surface area (Å²) in [6.45, 7) is 9.87. The summed E-state index contributed by atoms with van der Waals surface area (Å²) >= 11 is 0. The minimum atomic E-state index is -0.635. The van der Waals surface area contributed by atoms with Gasteiger partial charge in [-0.15, -0.1) is 0 Å². The van der Waals surface area contributed by atoms with Gasteiger partial charge < -0.3 is 24.4 Å². The molecule has 0 aliphatic carbocycles. The maximum absolute atomic E-state index is 12.4. The molecule has 1 aromatic rings. The van der Waals surface area contributed by atoms with E-state index in [4.69, 9.17) is 9.47 Å². The Kier molecular flexibility index (Phi) is 9.08. The summed E-state index contributed by atoms with van der Waals surface area (Å²) in [6, 6.07) is 9.11. The fourth-order valence-electron chi connectivity index (χ4n) is 2.48. The SMILES string of the molecule is CCN(C[C@H](C)N(CCO)C(=O)OC(C)(C)C)C(=O)OCc1ccccc1. The van der Waals surface area contributed by atoms with Crippen LogP contribution in [0.15, 0.2) is 30.3 Å². The van der Waals surface area contributed by atoms with Crippen molar-refractivity contribution in [2.24, 2.45) is 0 Å². The summed E-state index contributed by atoms with van der Waals surface area (Å²) in [4.78, 5) is 27.7. The fourth-order valence-corrected chi connectivity index (χ4v) is 2.48. The molecule has 1 rings (SSSR count). The number of hydrogen-bond donors (Lipinski definition) is 1. The van der Waals surface area contributed by atoms with Crippen LogP contribution >= 0.6 is 0 Å². The van der Waals surface area contributed by atoms with E-state index < -0.39 is 17.8 Å². The van der Waals surface area contributed by atoms with E-state index in [1.807, 2.05) is 44.2 Å². The molecule has 0 bridgehead atoms. The number of hydrogen-bond acceptors (Lipinski definition) is 5. The average molecular weight is 380 g/mol.